The minimum absolute atomic E-state index is 0.348. The average molecular weight is 284 g/mol. The lowest BCUT2D eigenvalue weighted by atomic mass is 10.2. The summed E-state index contributed by atoms with van der Waals surface area (Å²) in [5.41, 5.74) is 1.29. The molecule has 0 unspecified atom stereocenters. The highest BCUT2D eigenvalue weighted by molar-refractivity contribution is 6.32. The van der Waals surface area contributed by atoms with Crippen LogP contribution in [0.5, 0.6) is 11.5 Å². The van der Waals surface area contributed by atoms with Crippen LogP contribution < -0.4 is 4.74 Å². The Kier molecular flexibility index (Phi) is 3.35. The van der Waals surface area contributed by atoms with Crippen molar-refractivity contribution in [1.29, 1.82) is 0 Å². The number of benzene rings is 2. The molecule has 0 atom stereocenters. The first kappa shape index (κ1) is 12.6. The molecule has 0 spiro atoms. The molecule has 0 bridgehead atoms. The first-order chi connectivity index (χ1) is 9.78. The third kappa shape index (κ3) is 2.36. The minimum Gasteiger partial charge on any atom is -0.453 e. The molecule has 0 N–H and O–H groups in total. The fourth-order valence-corrected chi connectivity index (χ4v) is 2.17. The Morgan fingerprint density at radius 3 is 2.80 bits per heavy atom. The predicted molar refractivity (Wildman–Crippen MR) is 78.7 cm³/mol. The van der Waals surface area contributed by atoms with E-state index in [2.05, 4.69) is 4.98 Å². The Hall–Kier alpha value is -2.39. The number of aldehydes is 1. The molecule has 0 aliphatic carbocycles. The van der Waals surface area contributed by atoms with Gasteiger partial charge in [0.05, 0.1) is 22.3 Å². The van der Waals surface area contributed by atoms with Crippen LogP contribution in [0, 0.1) is 0 Å². The van der Waals surface area contributed by atoms with Crippen molar-refractivity contribution in [1.82, 2.24) is 4.98 Å². The maximum absolute atomic E-state index is 11.0. The van der Waals surface area contributed by atoms with E-state index in [1.54, 1.807) is 24.4 Å². The van der Waals surface area contributed by atoms with E-state index < -0.39 is 0 Å². The van der Waals surface area contributed by atoms with E-state index in [1.165, 1.54) is 0 Å². The van der Waals surface area contributed by atoms with Crippen LogP contribution >= 0.6 is 11.6 Å². The molecule has 3 aromatic rings. The number of aromatic nitrogens is 1. The molecular formula is C16H10ClNO2. The summed E-state index contributed by atoms with van der Waals surface area (Å²) in [6.45, 7) is 0. The standard InChI is InChI=1S/C16H10ClNO2/c17-14-6-3-5-12(10-19)16(14)20-13-8-11-4-1-2-7-15(11)18-9-13/h1-10H. The first-order valence-corrected chi connectivity index (χ1v) is 6.42. The molecule has 98 valence electrons. The Morgan fingerprint density at radius 1 is 1.10 bits per heavy atom. The smallest absolute Gasteiger partial charge is 0.156 e. The predicted octanol–water partition coefficient (Wildman–Crippen LogP) is 4.49. The molecule has 4 heteroatoms. The molecule has 0 saturated heterocycles. The minimum atomic E-state index is 0.348. The first-order valence-electron chi connectivity index (χ1n) is 6.04. The van der Waals surface area contributed by atoms with Crippen molar-refractivity contribution < 1.29 is 9.53 Å². The summed E-state index contributed by atoms with van der Waals surface area (Å²) in [6.07, 6.45) is 2.33. The van der Waals surface area contributed by atoms with Gasteiger partial charge in [-0.15, -0.1) is 0 Å². The number of halogens is 1. The number of fused-ring (bicyclic) bond motifs is 1. The number of para-hydroxylation sites is 2. The summed E-state index contributed by atoms with van der Waals surface area (Å²) >= 11 is 6.07. The van der Waals surface area contributed by atoms with Gasteiger partial charge in [-0.05, 0) is 24.3 Å². The van der Waals surface area contributed by atoms with Crippen LogP contribution in [-0.4, -0.2) is 11.3 Å². The van der Waals surface area contributed by atoms with Gasteiger partial charge >= 0.3 is 0 Å². The van der Waals surface area contributed by atoms with E-state index in [-0.39, 0.29) is 0 Å². The molecule has 0 aliphatic rings. The second-order valence-electron chi connectivity index (χ2n) is 4.24. The Balaban J connectivity index is 2.03. The molecule has 0 amide bonds. The summed E-state index contributed by atoms with van der Waals surface area (Å²) < 4.78 is 5.71. The van der Waals surface area contributed by atoms with E-state index in [9.17, 15) is 4.79 Å². The summed E-state index contributed by atoms with van der Waals surface area (Å²) in [6, 6.07) is 14.6. The van der Waals surface area contributed by atoms with Crippen molar-refractivity contribution in [2.24, 2.45) is 0 Å². The van der Waals surface area contributed by atoms with Crippen LogP contribution in [0.15, 0.2) is 54.7 Å². The largest absolute Gasteiger partial charge is 0.453 e. The van der Waals surface area contributed by atoms with Crippen LogP contribution in [0.1, 0.15) is 10.4 Å². The number of hydrogen-bond acceptors (Lipinski definition) is 3. The number of rotatable bonds is 3. The molecule has 0 saturated carbocycles. The fraction of sp³-hybridized carbons (Fsp3) is 0. The van der Waals surface area contributed by atoms with Gasteiger partial charge in [0, 0.05) is 5.39 Å². The van der Waals surface area contributed by atoms with Gasteiger partial charge in [-0.2, -0.15) is 0 Å². The monoisotopic (exact) mass is 283 g/mol. The second kappa shape index (κ2) is 5.31. The molecule has 0 aliphatic heterocycles. The number of hydrogen-bond donors (Lipinski definition) is 0. The maximum Gasteiger partial charge on any atom is 0.156 e. The lowest BCUT2D eigenvalue weighted by Gasteiger charge is -2.10. The molecule has 3 nitrogen and oxygen atoms in total. The van der Waals surface area contributed by atoms with Gasteiger partial charge in [-0.25, -0.2) is 0 Å². The number of pyridine rings is 1. The van der Waals surface area contributed by atoms with Gasteiger partial charge in [-0.1, -0.05) is 35.9 Å². The zero-order valence-electron chi connectivity index (χ0n) is 10.4. The van der Waals surface area contributed by atoms with Crippen molar-refractivity contribution in [3.05, 3.63) is 65.3 Å². The summed E-state index contributed by atoms with van der Waals surface area (Å²) in [4.78, 5) is 15.3. The van der Waals surface area contributed by atoms with Crippen molar-refractivity contribution in [3.63, 3.8) is 0 Å². The lowest BCUT2D eigenvalue weighted by Crippen LogP contribution is -1.92. The van der Waals surface area contributed by atoms with Crippen LogP contribution in [0.2, 0.25) is 5.02 Å². The highest BCUT2D eigenvalue weighted by atomic mass is 35.5. The topological polar surface area (TPSA) is 39.2 Å². The number of nitrogens with zero attached hydrogens (tertiary/aromatic N) is 1. The molecule has 0 fully saturated rings. The van der Waals surface area contributed by atoms with Gasteiger partial charge in [0.1, 0.15) is 5.75 Å². The summed E-state index contributed by atoms with van der Waals surface area (Å²) in [5, 5.41) is 1.35. The maximum atomic E-state index is 11.0. The van der Waals surface area contributed by atoms with Gasteiger partial charge < -0.3 is 4.74 Å². The van der Waals surface area contributed by atoms with E-state index in [0.29, 0.717) is 22.1 Å². The van der Waals surface area contributed by atoms with Gasteiger partial charge in [-0.3, -0.25) is 9.78 Å². The zero-order valence-corrected chi connectivity index (χ0v) is 11.2. The quantitative estimate of drug-likeness (QED) is 0.665. The van der Waals surface area contributed by atoms with Crippen LogP contribution in [0.3, 0.4) is 0 Å². The average Bonchev–Trinajstić information content (AvgIpc) is 2.49. The Bertz CT molecular complexity index is 786. The third-order valence-corrected chi connectivity index (χ3v) is 3.21. The third-order valence-electron chi connectivity index (χ3n) is 2.91. The Morgan fingerprint density at radius 2 is 1.95 bits per heavy atom. The molecular weight excluding hydrogens is 274 g/mol. The SMILES string of the molecule is O=Cc1cccc(Cl)c1Oc1cnc2ccccc2c1. The van der Waals surface area contributed by atoms with E-state index >= 15 is 0 Å². The van der Waals surface area contributed by atoms with Crippen LogP contribution in [-0.2, 0) is 0 Å². The molecule has 1 aromatic heterocycles. The normalized spacial score (nSPS) is 10.4. The van der Waals surface area contributed by atoms with Crippen molar-refractivity contribution >= 4 is 28.8 Å². The van der Waals surface area contributed by atoms with Crippen LogP contribution in [0.25, 0.3) is 10.9 Å². The molecule has 0 radical (unpaired) electrons. The van der Waals surface area contributed by atoms with Crippen LogP contribution in [0.4, 0.5) is 0 Å². The van der Waals surface area contributed by atoms with Crippen molar-refractivity contribution in [3.8, 4) is 11.5 Å². The van der Waals surface area contributed by atoms with Gasteiger partial charge in [0.25, 0.3) is 0 Å². The number of ether oxygens (including phenoxy) is 1. The Labute approximate surface area is 120 Å². The highest BCUT2D eigenvalue weighted by Crippen LogP contribution is 2.32. The highest BCUT2D eigenvalue weighted by Gasteiger charge is 2.09. The second-order valence-corrected chi connectivity index (χ2v) is 4.65. The number of carbonyl (C=O) groups is 1. The van der Waals surface area contributed by atoms with E-state index in [0.717, 1.165) is 17.2 Å². The fourth-order valence-electron chi connectivity index (χ4n) is 1.95. The van der Waals surface area contributed by atoms with Crippen molar-refractivity contribution in [2.45, 2.75) is 0 Å². The molecule has 20 heavy (non-hydrogen) atoms. The van der Waals surface area contributed by atoms with E-state index in [1.807, 2.05) is 30.3 Å². The van der Waals surface area contributed by atoms with Crippen molar-refractivity contribution in [2.75, 3.05) is 0 Å². The molecule has 2 aromatic carbocycles. The summed E-state index contributed by atoms with van der Waals surface area (Å²) in [5.74, 6) is 0.890. The molecule has 1 heterocycles. The number of carbonyl (C=O) groups excluding carboxylic acids is 1. The van der Waals surface area contributed by atoms with E-state index in [4.69, 9.17) is 16.3 Å². The lowest BCUT2D eigenvalue weighted by molar-refractivity contribution is 0.112. The zero-order chi connectivity index (χ0) is 13.9. The molecule has 3 rings (SSSR count). The van der Waals surface area contributed by atoms with Gasteiger partial charge in [0.15, 0.2) is 12.0 Å². The summed E-state index contributed by atoms with van der Waals surface area (Å²) in [7, 11) is 0. The van der Waals surface area contributed by atoms with Gasteiger partial charge in [0.2, 0.25) is 0 Å².